The molecule has 0 bridgehead atoms. The number of hydrogen-bond acceptors (Lipinski definition) is 3. The Bertz CT molecular complexity index is 356. The van der Waals surface area contributed by atoms with Crippen molar-refractivity contribution in [2.75, 3.05) is 0 Å². The maximum Gasteiger partial charge on any atom is 0.408 e. The van der Waals surface area contributed by atoms with Crippen LogP contribution in [-0.4, -0.2) is 64.4 Å². The molecule has 0 aliphatic carbocycles. The first-order valence-electron chi connectivity index (χ1n) is 6.40. The first kappa shape index (κ1) is 15.3. The fourth-order valence-electron chi connectivity index (χ4n) is 2.81. The van der Waals surface area contributed by atoms with Crippen LogP contribution in [0, 0.1) is 0 Å². The number of hydrogen-bond donors (Lipinski definition) is 0. The summed E-state index contributed by atoms with van der Waals surface area (Å²) in [7, 11) is 7.65. The van der Waals surface area contributed by atoms with Gasteiger partial charge in [0.2, 0.25) is 0 Å². The third-order valence-electron chi connectivity index (χ3n) is 3.05. The van der Waals surface area contributed by atoms with E-state index in [1.165, 1.54) is 0 Å². The predicted octanol–water partition coefficient (Wildman–Crippen LogP) is -2.57. The molecule has 0 unspecified atom stereocenters. The molecular weight excluding hydrogens is 225 g/mol. The molecule has 1 aliphatic rings. The third-order valence-corrected chi connectivity index (χ3v) is 3.05. The van der Waals surface area contributed by atoms with Crippen LogP contribution >= 0.6 is 0 Å². The zero-order valence-corrected chi connectivity index (χ0v) is 12.6. The Balaban J connectivity index is 3.03. The maximum atomic E-state index is 12.3. The second kappa shape index (κ2) is 4.39. The molecule has 0 aromatic rings. The molecule has 0 radical (unpaired) electrons. The molecule has 1 heterocycles. The molecule has 1 amide bonds. The summed E-state index contributed by atoms with van der Waals surface area (Å²) < 4.78 is 5.46. The van der Waals surface area contributed by atoms with Gasteiger partial charge in [0.15, 0.2) is 0 Å². The van der Waals surface area contributed by atoms with Crippen LogP contribution in [-0.2, 0) is 9.53 Å². The Morgan fingerprint density at radius 2 is 1.56 bits per heavy atom. The van der Waals surface area contributed by atoms with E-state index < -0.39 is 16.3 Å². The predicted molar refractivity (Wildman–Crippen MR) is 82.0 cm³/mol. The Hall–Kier alpha value is -0.800. The second-order valence-corrected chi connectivity index (χ2v) is 7.33. The first-order chi connectivity index (χ1) is 7.85. The lowest BCUT2D eigenvalue weighted by molar-refractivity contribution is -0.123. The van der Waals surface area contributed by atoms with Gasteiger partial charge in [0.1, 0.15) is 42.8 Å². The molecule has 0 aromatic heterocycles. The zero-order chi connectivity index (χ0) is 14.4. The van der Waals surface area contributed by atoms with Gasteiger partial charge in [0.05, 0.1) is 0 Å². The molecule has 1 aliphatic heterocycles. The van der Waals surface area contributed by atoms with Gasteiger partial charge in [-0.15, -0.1) is 0 Å². The maximum absolute atomic E-state index is 12.3. The molecule has 1 saturated heterocycles. The number of likely N-dealkylation sites (tertiary alicyclic amines) is 1. The highest BCUT2D eigenvalue weighted by Gasteiger charge is 2.48. The Morgan fingerprint density at radius 3 is 1.89 bits per heavy atom. The standard InChI is InChI=1S/C10H21B4NO3/c1-8(2,3)18-7(17)15-9(11,12)4-6(16)5-10(15,13)14/h4-5,11-14H2,1-3H3. The highest BCUT2D eigenvalue weighted by molar-refractivity contribution is 6.47. The molecule has 8 heteroatoms. The number of rotatable bonds is 0. The van der Waals surface area contributed by atoms with Crippen molar-refractivity contribution >= 4 is 43.3 Å². The molecule has 4 nitrogen and oxygen atoms in total. The van der Waals surface area contributed by atoms with Crippen molar-refractivity contribution in [3.63, 3.8) is 0 Å². The molecule has 0 spiro atoms. The topological polar surface area (TPSA) is 46.6 Å². The van der Waals surface area contributed by atoms with Crippen molar-refractivity contribution in [2.45, 2.75) is 49.9 Å². The lowest BCUT2D eigenvalue weighted by atomic mass is 9.47. The molecule has 0 saturated carbocycles. The fourth-order valence-corrected chi connectivity index (χ4v) is 2.81. The van der Waals surface area contributed by atoms with Crippen molar-refractivity contribution in [2.24, 2.45) is 0 Å². The molecule has 18 heavy (non-hydrogen) atoms. The minimum absolute atomic E-state index is 0.199. The lowest BCUT2D eigenvalue weighted by Gasteiger charge is -2.52. The van der Waals surface area contributed by atoms with E-state index in [9.17, 15) is 9.59 Å². The first-order valence-corrected chi connectivity index (χ1v) is 6.40. The monoisotopic (exact) mass is 247 g/mol. The van der Waals surface area contributed by atoms with Gasteiger partial charge in [-0.2, -0.15) is 0 Å². The minimum atomic E-state index is -0.523. The van der Waals surface area contributed by atoms with E-state index in [0.29, 0.717) is 12.8 Å². The number of piperidine rings is 1. The second-order valence-electron chi connectivity index (χ2n) is 7.33. The van der Waals surface area contributed by atoms with Crippen molar-refractivity contribution < 1.29 is 14.3 Å². The van der Waals surface area contributed by atoms with Gasteiger partial charge in [-0.1, -0.05) is 0 Å². The summed E-state index contributed by atoms with van der Waals surface area (Å²) in [6.07, 6.45) is 0.427. The van der Waals surface area contributed by atoms with Crippen molar-refractivity contribution in [1.29, 1.82) is 0 Å². The normalized spacial score (nSPS) is 22.6. The minimum Gasteiger partial charge on any atom is -0.444 e. The number of ketones is 1. The third kappa shape index (κ3) is 3.36. The van der Waals surface area contributed by atoms with Gasteiger partial charge < -0.3 is 9.64 Å². The van der Waals surface area contributed by atoms with Gasteiger partial charge in [0.25, 0.3) is 0 Å². The Morgan fingerprint density at radius 1 is 1.17 bits per heavy atom. The Labute approximate surface area is 113 Å². The highest BCUT2D eigenvalue weighted by Crippen LogP contribution is 2.31. The van der Waals surface area contributed by atoms with E-state index in [-0.39, 0.29) is 11.9 Å². The average Bonchev–Trinajstić information content (AvgIpc) is 1.90. The lowest BCUT2D eigenvalue weighted by Crippen LogP contribution is -2.69. The molecule has 96 valence electrons. The van der Waals surface area contributed by atoms with Gasteiger partial charge in [-0.25, -0.2) is 4.79 Å². The van der Waals surface area contributed by atoms with Crippen molar-refractivity contribution in [3.05, 3.63) is 0 Å². The Kier molecular flexibility index (Phi) is 3.72. The zero-order valence-electron chi connectivity index (χ0n) is 12.6. The summed E-state index contributed by atoms with van der Waals surface area (Å²) >= 11 is 0. The van der Waals surface area contributed by atoms with E-state index in [1.54, 1.807) is 4.90 Å². The van der Waals surface area contributed by atoms with E-state index in [2.05, 4.69) is 0 Å². The number of nitrogens with zero attached hydrogens (tertiary/aromatic N) is 1. The van der Waals surface area contributed by atoms with Crippen LogP contribution in [0.3, 0.4) is 0 Å². The van der Waals surface area contributed by atoms with Crippen molar-refractivity contribution in [1.82, 2.24) is 4.90 Å². The van der Waals surface area contributed by atoms with Crippen LogP contribution < -0.4 is 0 Å². The summed E-state index contributed by atoms with van der Waals surface area (Å²) in [6.45, 7) is 5.54. The fraction of sp³-hybridized carbons (Fsp3) is 0.800. The van der Waals surface area contributed by atoms with Crippen LogP contribution in [0.2, 0.25) is 0 Å². The largest absolute Gasteiger partial charge is 0.444 e. The number of ether oxygens (including phenoxy) is 1. The number of amides is 1. The van der Waals surface area contributed by atoms with Gasteiger partial charge >= 0.3 is 6.09 Å². The molecule has 1 fully saturated rings. The average molecular weight is 247 g/mol. The summed E-state index contributed by atoms with van der Waals surface area (Å²) in [5.74, 6) is 0.199. The number of carbonyl (C=O) groups is 2. The number of Topliss-reactive ketones (excluding diaryl/α,β-unsaturated/α-hetero) is 1. The van der Waals surface area contributed by atoms with Crippen LogP contribution in [0.1, 0.15) is 33.6 Å². The van der Waals surface area contributed by atoms with Crippen LogP contribution in [0.4, 0.5) is 4.79 Å². The summed E-state index contributed by atoms with van der Waals surface area (Å²) in [5, 5.41) is -0.998. The van der Waals surface area contributed by atoms with Crippen molar-refractivity contribution in [3.8, 4) is 0 Å². The van der Waals surface area contributed by atoms with E-state index in [1.807, 2.05) is 52.2 Å². The number of carbonyl (C=O) groups excluding carboxylic acids is 2. The highest BCUT2D eigenvalue weighted by atomic mass is 16.6. The molecule has 0 atom stereocenters. The van der Waals surface area contributed by atoms with Gasteiger partial charge in [0, 0.05) is 12.8 Å². The summed E-state index contributed by atoms with van der Waals surface area (Å²) in [6, 6.07) is 0. The molecular formula is C10H21B4NO3. The van der Waals surface area contributed by atoms with Gasteiger partial charge in [-0.3, -0.25) is 4.79 Å². The van der Waals surface area contributed by atoms with Crippen LogP contribution in [0.5, 0.6) is 0 Å². The van der Waals surface area contributed by atoms with Crippen LogP contribution in [0.15, 0.2) is 0 Å². The van der Waals surface area contributed by atoms with E-state index >= 15 is 0 Å². The molecule has 0 N–H and O–H groups in total. The smallest absolute Gasteiger partial charge is 0.408 e. The van der Waals surface area contributed by atoms with E-state index in [0.717, 1.165) is 0 Å². The van der Waals surface area contributed by atoms with Gasteiger partial charge in [-0.05, 0) is 31.4 Å². The SMILES string of the molecule is BC1(B)CC(=O)CC(B)(B)N1C(=O)OC(C)(C)C. The molecule has 1 rings (SSSR count). The summed E-state index contributed by atoms with van der Waals surface area (Å²) in [4.78, 5) is 25.8. The molecule has 0 aromatic carbocycles. The van der Waals surface area contributed by atoms with Crippen LogP contribution in [0.25, 0.3) is 0 Å². The quantitative estimate of drug-likeness (QED) is 0.441. The summed E-state index contributed by atoms with van der Waals surface area (Å²) in [5.41, 5.74) is -0.523. The van der Waals surface area contributed by atoms with E-state index in [4.69, 9.17) is 4.74 Å².